The van der Waals surface area contributed by atoms with Gasteiger partial charge in [-0.05, 0) is 25.8 Å². The second-order valence-electron chi connectivity index (χ2n) is 5.30. The van der Waals surface area contributed by atoms with Crippen molar-refractivity contribution in [2.24, 2.45) is 16.9 Å². The molecule has 0 unspecified atom stereocenters. The molecule has 0 aromatic heterocycles. The molecule has 1 heterocycles. The number of anilines is 1. The first-order valence-corrected chi connectivity index (χ1v) is 7.50. The highest BCUT2D eigenvalue weighted by Crippen LogP contribution is 2.32. The lowest BCUT2D eigenvalue weighted by molar-refractivity contribution is -0.384. The summed E-state index contributed by atoms with van der Waals surface area (Å²) in [6.45, 7) is 3.31. The van der Waals surface area contributed by atoms with Crippen LogP contribution in [0, 0.1) is 16.0 Å². The number of nitro benzene ring substituents is 1. The van der Waals surface area contributed by atoms with E-state index in [2.05, 4.69) is 5.10 Å². The Bertz CT molecular complexity index is 609. The lowest BCUT2D eigenvalue weighted by Gasteiger charge is -2.32. The summed E-state index contributed by atoms with van der Waals surface area (Å²) in [6, 6.07) is 4.87. The van der Waals surface area contributed by atoms with Crippen LogP contribution in [0.25, 0.3) is 0 Å². The third-order valence-corrected chi connectivity index (χ3v) is 3.88. The maximum Gasteiger partial charge on any atom is 0.309 e. The van der Waals surface area contributed by atoms with E-state index in [1.807, 2.05) is 4.90 Å². The number of nitrogens with two attached hydrogens (primary N) is 1. The maximum atomic E-state index is 11.8. The van der Waals surface area contributed by atoms with Gasteiger partial charge >= 0.3 is 5.97 Å². The van der Waals surface area contributed by atoms with Gasteiger partial charge in [-0.3, -0.25) is 14.9 Å². The zero-order valence-electron chi connectivity index (χ0n) is 13.0. The van der Waals surface area contributed by atoms with E-state index >= 15 is 0 Å². The zero-order valence-corrected chi connectivity index (χ0v) is 13.0. The molecule has 1 aromatic carbocycles. The first kappa shape index (κ1) is 16.7. The van der Waals surface area contributed by atoms with E-state index in [4.69, 9.17) is 10.6 Å². The van der Waals surface area contributed by atoms with Crippen LogP contribution >= 0.6 is 0 Å². The molecule has 0 spiro atoms. The van der Waals surface area contributed by atoms with E-state index in [9.17, 15) is 14.9 Å². The Kier molecular flexibility index (Phi) is 5.51. The summed E-state index contributed by atoms with van der Waals surface area (Å²) in [5.41, 5.74) is 1.13. The van der Waals surface area contributed by atoms with Crippen LogP contribution in [0.15, 0.2) is 23.3 Å². The standard InChI is InChI=1S/C15H20N4O4/c1-2-23-15(20)12-5-7-18(8-6-12)13-4-3-11(10-17-16)9-14(13)19(21)22/h3-4,9-10,12H,2,5-8,16H2,1H3. The van der Waals surface area contributed by atoms with Crippen LogP contribution in [0.2, 0.25) is 0 Å². The number of piperidine rings is 1. The molecule has 1 aromatic rings. The van der Waals surface area contributed by atoms with Crippen molar-refractivity contribution in [3.8, 4) is 0 Å². The van der Waals surface area contributed by atoms with Gasteiger partial charge in [-0.25, -0.2) is 0 Å². The molecular formula is C15H20N4O4. The van der Waals surface area contributed by atoms with Crippen LogP contribution in [0.1, 0.15) is 25.3 Å². The van der Waals surface area contributed by atoms with Gasteiger partial charge in [-0.2, -0.15) is 5.10 Å². The first-order valence-electron chi connectivity index (χ1n) is 7.50. The maximum absolute atomic E-state index is 11.8. The van der Waals surface area contributed by atoms with E-state index in [0.29, 0.717) is 43.8 Å². The van der Waals surface area contributed by atoms with Gasteiger partial charge in [0.2, 0.25) is 0 Å². The average Bonchev–Trinajstić information content (AvgIpc) is 2.55. The van der Waals surface area contributed by atoms with E-state index in [-0.39, 0.29) is 17.6 Å². The number of ether oxygens (including phenoxy) is 1. The van der Waals surface area contributed by atoms with Crippen LogP contribution in [0.3, 0.4) is 0 Å². The van der Waals surface area contributed by atoms with Crippen molar-refractivity contribution in [2.75, 3.05) is 24.6 Å². The van der Waals surface area contributed by atoms with Gasteiger partial charge in [0.25, 0.3) is 5.69 Å². The molecule has 1 saturated heterocycles. The van der Waals surface area contributed by atoms with Crippen LogP contribution < -0.4 is 10.7 Å². The predicted octanol–water partition coefficient (Wildman–Crippen LogP) is 1.67. The number of hydrogen-bond donors (Lipinski definition) is 1. The number of nitrogens with zero attached hydrogens (tertiary/aromatic N) is 3. The fourth-order valence-electron chi connectivity index (χ4n) is 2.74. The molecular weight excluding hydrogens is 300 g/mol. The van der Waals surface area contributed by atoms with E-state index in [1.165, 1.54) is 12.3 Å². The second kappa shape index (κ2) is 7.57. The van der Waals surface area contributed by atoms with Gasteiger partial charge in [0.1, 0.15) is 5.69 Å². The van der Waals surface area contributed by atoms with Crippen molar-refractivity contribution >= 4 is 23.6 Å². The topological polar surface area (TPSA) is 111 Å². The summed E-state index contributed by atoms with van der Waals surface area (Å²) in [6.07, 6.45) is 2.62. The molecule has 0 bridgehead atoms. The molecule has 0 amide bonds. The number of hydrogen-bond acceptors (Lipinski definition) is 7. The van der Waals surface area contributed by atoms with E-state index < -0.39 is 4.92 Å². The van der Waals surface area contributed by atoms with Crippen molar-refractivity contribution in [1.29, 1.82) is 0 Å². The molecule has 1 aliphatic rings. The highest BCUT2D eigenvalue weighted by Gasteiger charge is 2.29. The Morgan fingerprint density at radius 1 is 1.52 bits per heavy atom. The van der Waals surface area contributed by atoms with Crippen LogP contribution in [0.5, 0.6) is 0 Å². The summed E-state index contributed by atoms with van der Waals surface area (Å²) < 4.78 is 5.03. The molecule has 2 rings (SSSR count). The van der Waals surface area contributed by atoms with Crippen molar-refractivity contribution in [1.82, 2.24) is 0 Å². The van der Waals surface area contributed by atoms with Crippen LogP contribution in [-0.2, 0) is 9.53 Å². The average molecular weight is 320 g/mol. The third kappa shape index (κ3) is 3.97. The smallest absolute Gasteiger partial charge is 0.309 e. The fourth-order valence-corrected chi connectivity index (χ4v) is 2.74. The Labute approximate surface area is 134 Å². The summed E-state index contributed by atoms with van der Waals surface area (Å²) >= 11 is 0. The molecule has 0 atom stereocenters. The molecule has 8 nitrogen and oxygen atoms in total. The second-order valence-corrected chi connectivity index (χ2v) is 5.30. The van der Waals surface area contributed by atoms with Gasteiger partial charge in [0.05, 0.1) is 23.7 Å². The Morgan fingerprint density at radius 3 is 2.78 bits per heavy atom. The summed E-state index contributed by atoms with van der Waals surface area (Å²) in [5.74, 6) is 4.77. The number of rotatable bonds is 5. The van der Waals surface area contributed by atoms with Gasteiger partial charge in [0.15, 0.2) is 0 Å². The van der Waals surface area contributed by atoms with Gasteiger partial charge in [-0.1, -0.05) is 6.07 Å². The lowest BCUT2D eigenvalue weighted by atomic mass is 9.96. The van der Waals surface area contributed by atoms with Crippen molar-refractivity contribution in [3.05, 3.63) is 33.9 Å². The minimum absolute atomic E-state index is 0.0111. The van der Waals surface area contributed by atoms with E-state index in [1.54, 1.807) is 19.1 Å². The highest BCUT2D eigenvalue weighted by molar-refractivity contribution is 5.83. The molecule has 1 fully saturated rings. The number of hydrazone groups is 1. The van der Waals surface area contributed by atoms with E-state index in [0.717, 1.165) is 0 Å². The quantitative estimate of drug-likeness (QED) is 0.290. The van der Waals surface area contributed by atoms with Crippen molar-refractivity contribution in [2.45, 2.75) is 19.8 Å². The molecule has 1 aliphatic heterocycles. The highest BCUT2D eigenvalue weighted by atomic mass is 16.6. The Balaban J connectivity index is 2.14. The largest absolute Gasteiger partial charge is 0.466 e. The normalized spacial score (nSPS) is 15.8. The summed E-state index contributed by atoms with van der Waals surface area (Å²) in [7, 11) is 0. The number of esters is 1. The molecule has 0 radical (unpaired) electrons. The Morgan fingerprint density at radius 2 is 2.22 bits per heavy atom. The SMILES string of the molecule is CCOC(=O)C1CCN(c2ccc(C=NN)cc2[N+](=O)[O-])CC1. The molecule has 0 aliphatic carbocycles. The third-order valence-electron chi connectivity index (χ3n) is 3.88. The molecule has 124 valence electrons. The minimum atomic E-state index is -0.416. The number of carbonyl (C=O) groups excluding carboxylic acids is 1. The minimum Gasteiger partial charge on any atom is -0.466 e. The summed E-state index contributed by atoms with van der Waals surface area (Å²) in [5, 5.41) is 14.7. The molecule has 23 heavy (non-hydrogen) atoms. The molecule has 8 heteroatoms. The van der Waals surface area contributed by atoms with Gasteiger partial charge in [-0.15, -0.1) is 0 Å². The van der Waals surface area contributed by atoms with Crippen molar-refractivity contribution < 1.29 is 14.5 Å². The number of nitro groups is 1. The monoisotopic (exact) mass is 320 g/mol. The number of carbonyl (C=O) groups is 1. The van der Waals surface area contributed by atoms with Crippen LogP contribution in [0.4, 0.5) is 11.4 Å². The summed E-state index contributed by atoms with van der Waals surface area (Å²) in [4.78, 5) is 24.6. The predicted molar refractivity (Wildman–Crippen MR) is 86.4 cm³/mol. The Hall–Kier alpha value is -2.64. The molecule has 2 N–H and O–H groups in total. The lowest BCUT2D eigenvalue weighted by Crippen LogP contribution is -2.37. The first-order chi connectivity index (χ1) is 11.1. The van der Waals surface area contributed by atoms with Gasteiger partial charge < -0.3 is 15.5 Å². The van der Waals surface area contributed by atoms with Crippen molar-refractivity contribution in [3.63, 3.8) is 0 Å². The van der Waals surface area contributed by atoms with Gasteiger partial charge in [0, 0.05) is 24.7 Å². The van der Waals surface area contributed by atoms with Crippen LogP contribution in [-0.4, -0.2) is 36.8 Å². The number of benzene rings is 1. The fraction of sp³-hybridized carbons (Fsp3) is 0.467. The zero-order chi connectivity index (χ0) is 16.8. The molecule has 0 saturated carbocycles.